The molecule has 0 radical (unpaired) electrons. The van der Waals surface area contributed by atoms with Crippen molar-refractivity contribution in [2.24, 2.45) is 27.2 Å². The number of ether oxygens (including phenoxy) is 1. The third-order valence-corrected chi connectivity index (χ3v) is 1.93. The van der Waals surface area contributed by atoms with Gasteiger partial charge in [-0.05, 0) is 12.1 Å². The predicted molar refractivity (Wildman–Crippen MR) is 65.1 cm³/mol. The minimum Gasteiger partial charge on any atom is -0.495 e. The summed E-state index contributed by atoms with van der Waals surface area (Å²) in [5.74, 6) is 0.312. The van der Waals surface area contributed by atoms with Crippen molar-refractivity contribution in [1.29, 1.82) is 0 Å². The number of hydrogen-bond acceptors (Lipinski definition) is 2. The number of nitrogens with zero attached hydrogens (tertiary/aromatic N) is 2. The molecule has 86 valence electrons. The lowest BCUT2D eigenvalue weighted by Gasteiger charge is -2.03. The number of aliphatic imine (C=N–C) groups is 2. The topological polar surface area (TPSA) is 112 Å². The van der Waals surface area contributed by atoms with Gasteiger partial charge in [0.1, 0.15) is 5.75 Å². The Morgan fingerprint density at radius 1 is 1.31 bits per heavy atom. The number of hydrogen-bond donors (Lipinski definition) is 3. The van der Waals surface area contributed by atoms with E-state index >= 15 is 0 Å². The normalized spacial score (nSPS) is 11.0. The van der Waals surface area contributed by atoms with Gasteiger partial charge in [-0.25, -0.2) is 4.99 Å². The first kappa shape index (κ1) is 12.1. The lowest BCUT2D eigenvalue weighted by molar-refractivity contribution is 0.415. The van der Waals surface area contributed by atoms with Crippen LogP contribution in [0.25, 0.3) is 0 Å². The van der Waals surface area contributed by atoms with Crippen LogP contribution in [0.5, 0.6) is 5.75 Å². The molecule has 0 fully saturated rings. The summed E-state index contributed by atoms with van der Waals surface area (Å²) in [7, 11) is 1.51. The number of guanidine groups is 2. The molecule has 1 rings (SSSR count). The molecule has 0 saturated carbocycles. The highest BCUT2D eigenvalue weighted by molar-refractivity contribution is 6.32. The standard InChI is InChI=1S/C9H12ClN5O/c1-16-7-4-5(2-3-6(7)10)14-9(13)15-8(11)12/h2-4H,1H3,(H6,11,12,13,14,15). The molecule has 0 aliphatic carbocycles. The molecule has 0 amide bonds. The minimum absolute atomic E-state index is 0.0376. The van der Waals surface area contributed by atoms with E-state index in [1.54, 1.807) is 18.2 Å². The van der Waals surface area contributed by atoms with E-state index in [0.29, 0.717) is 16.5 Å². The Bertz CT molecular complexity index is 440. The van der Waals surface area contributed by atoms with Crippen molar-refractivity contribution in [2.75, 3.05) is 7.11 Å². The number of benzene rings is 1. The molecule has 0 bridgehead atoms. The molecule has 6 nitrogen and oxygen atoms in total. The summed E-state index contributed by atoms with van der Waals surface area (Å²) in [6.45, 7) is 0. The molecule has 7 heteroatoms. The van der Waals surface area contributed by atoms with Crippen LogP contribution >= 0.6 is 11.6 Å². The van der Waals surface area contributed by atoms with E-state index in [2.05, 4.69) is 9.98 Å². The molecule has 0 aromatic heterocycles. The van der Waals surface area contributed by atoms with Gasteiger partial charge in [0.15, 0.2) is 5.96 Å². The smallest absolute Gasteiger partial charge is 0.223 e. The summed E-state index contributed by atoms with van der Waals surface area (Å²) in [6.07, 6.45) is 0. The third-order valence-electron chi connectivity index (χ3n) is 1.62. The van der Waals surface area contributed by atoms with Crippen LogP contribution in [-0.2, 0) is 0 Å². The summed E-state index contributed by atoms with van der Waals surface area (Å²) in [6, 6.07) is 4.93. The highest BCUT2D eigenvalue weighted by Gasteiger charge is 2.01. The monoisotopic (exact) mass is 241 g/mol. The van der Waals surface area contributed by atoms with Crippen LogP contribution in [0.4, 0.5) is 5.69 Å². The van der Waals surface area contributed by atoms with E-state index in [1.807, 2.05) is 0 Å². The molecule has 1 aromatic carbocycles. The summed E-state index contributed by atoms with van der Waals surface area (Å²) in [5, 5.41) is 0.488. The van der Waals surface area contributed by atoms with Gasteiger partial charge in [-0.15, -0.1) is 0 Å². The van der Waals surface area contributed by atoms with E-state index < -0.39 is 0 Å². The van der Waals surface area contributed by atoms with Crippen LogP contribution < -0.4 is 21.9 Å². The lowest BCUT2D eigenvalue weighted by atomic mass is 10.3. The van der Waals surface area contributed by atoms with Gasteiger partial charge in [-0.1, -0.05) is 11.6 Å². The van der Waals surface area contributed by atoms with Gasteiger partial charge in [0.2, 0.25) is 5.96 Å². The zero-order chi connectivity index (χ0) is 12.1. The second-order valence-corrected chi connectivity index (χ2v) is 3.23. The van der Waals surface area contributed by atoms with Crippen LogP contribution in [0, 0.1) is 0 Å². The number of halogens is 1. The van der Waals surface area contributed by atoms with Gasteiger partial charge in [0, 0.05) is 6.07 Å². The Kier molecular flexibility index (Phi) is 3.96. The van der Waals surface area contributed by atoms with Gasteiger partial charge >= 0.3 is 0 Å². The molecular formula is C9H12ClN5O. The molecule has 1 aromatic rings. The van der Waals surface area contributed by atoms with E-state index in [4.69, 9.17) is 33.5 Å². The predicted octanol–water partition coefficient (Wildman–Crippen LogP) is 0.568. The van der Waals surface area contributed by atoms with Crippen molar-refractivity contribution in [2.45, 2.75) is 0 Å². The van der Waals surface area contributed by atoms with Gasteiger partial charge < -0.3 is 21.9 Å². The molecule has 16 heavy (non-hydrogen) atoms. The zero-order valence-corrected chi connectivity index (χ0v) is 9.40. The molecule has 0 spiro atoms. The van der Waals surface area contributed by atoms with Gasteiger partial charge in [0.05, 0.1) is 17.8 Å². The second-order valence-electron chi connectivity index (χ2n) is 2.83. The summed E-state index contributed by atoms with van der Waals surface area (Å²) < 4.78 is 5.02. The SMILES string of the molecule is COc1cc(N=C(N)N=C(N)N)ccc1Cl. The van der Waals surface area contributed by atoms with Crippen LogP contribution in [-0.4, -0.2) is 19.0 Å². The van der Waals surface area contributed by atoms with E-state index in [1.165, 1.54) is 7.11 Å². The van der Waals surface area contributed by atoms with Crippen molar-refractivity contribution in [3.8, 4) is 5.75 Å². The largest absolute Gasteiger partial charge is 0.495 e. The van der Waals surface area contributed by atoms with Crippen molar-refractivity contribution in [3.05, 3.63) is 23.2 Å². The van der Waals surface area contributed by atoms with Crippen LogP contribution in [0.2, 0.25) is 5.02 Å². The third kappa shape index (κ3) is 3.32. The maximum absolute atomic E-state index is 5.84. The minimum atomic E-state index is -0.151. The highest BCUT2D eigenvalue weighted by atomic mass is 35.5. The Labute approximate surface area is 97.8 Å². The summed E-state index contributed by atoms with van der Waals surface area (Å²) >= 11 is 5.84. The average molecular weight is 242 g/mol. The average Bonchev–Trinajstić information content (AvgIpc) is 2.19. The maximum Gasteiger partial charge on any atom is 0.223 e. The molecule has 0 aliphatic heterocycles. The van der Waals surface area contributed by atoms with Gasteiger partial charge in [-0.3, -0.25) is 0 Å². The van der Waals surface area contributed by atoms with Gasteiger partial charge in [0.25, 0.3) is 0 Å². The number of methoxy groups -OCH3 is 1. The zero-order valence-electron chi connectivity index (χ0n) is 8.64. The molecular weight excluding hydrogens is 230 g/mol. The quantitative estimate of drug-likeness (QED) is 0.519. The van der Waals surface area contributed by atoms with Crippen molar-refractivity contribution >= 4 is 29.2 Å². The molecule has 0 aliphatic rings. The Morgan fingerprint density at radius 3 is 2.56 bits per heavy atom. The molecule has 6 N–H and O–H groups in total. The van der Waals surface area contributed by atoms with Crippen LogP contribution in [0.3, 0.4) is 0 Å². The fraction of sp³-hybridized carbons (Fsp3) is 0.111. The number of rotatable bonds is 2. The summed E-state index contributed by atoms with van der Waals surface area (Å²) in [4.78, 5) is 7.53. The van der Waals surface area contributed by atoms with Crippen molar-refractivity contribution < 1.29 is 4.74 Å². The fourth-order valence-corrected chi connectivity index (χ4v) is 1.20. The first-order chi connectivity index (χ1) is 7.52. The molecule has 0 atom stereocenters. The van der Waals surface area contributed by atoms with Crippen LogP contribution in [0.15, 0.2) is 28.2 Å². The van der Waals surface area contributed by atoms with E-state index in [-0.39, 0.29) is 11.9 Å². The number of nitrogens with two attached hydrogens (primary N) is 3. The van der Waals surface area contributed by atoms with E-state index in [0.717, 1.165) is 0 Å². The lowest BCUT2D eigenvalue weighted by Crippen LogP contribution is -2.26. The first-order valence-electron chi connectivity index (χ1n) is 4.30. The highest BCUT2D eigenvalue weighted by Crippen LogP contribution is 2.28. The van der Waals surface area contributed by atoms with Crippen molar-refractivity contribution in [3.63, 3.8) is 0 Å². The maximum atomic E-state index is 5.84. The Hall–Kier alpha value is -1.95. The molecule has 0 unspecified atom stereocenters. The van der Waals surface area contributed by atoms with Crippen molar-refractivity contribution in [1.82, 2.24) is 0 Å². The Morgan fingerprint density at radius 2 is 2.00 bits per heavy atom. The Balaban J connectivity index is 3.02. The molecule has 0 heterocycles. The summed E-state index contributed by atoms with van der Waals surface area (Å²) in [5.41, 5.74) is 16.3. The molecule has 0 saturated heterocycles. The fourth-order valence-electron chi connectivity index (χ4n) is 1.01. The van der Waals surface area contributed by atoms with Crippen LogP contribution in [0.1, 0.15) is 0 Å². The first-order valence-corrected chi connectivity index (χ1v) is 4.68. The van der Waals surface area contributed by atoms with E-state index in [9.17, 15) is 0 Å². The van der Waals surface area contributed by atoms with Gasteiger partial charge in [-0.2, -0.15) is 4.99 Å². The second kappa shape index (κ2) is 5.22.